The fourth-order valence-corrected chi connectivity index (χ4v) is 1.90. The Morgan fingerprint density at radius 1 is 1.40 bits per heavy atom. The van der Waals surface area contributed by atoms with Gasteiger partial charge < -0.3 is 5.73 Å². The van der Waals surface area contributed by atoms with E-state index in [2.05, 4.69) is 10.5 Å². The van der Waals surface area contributed by atoms with Gasteiger partial charge in [-0.25, -0.2) is 9.37 Å². The monoisotopic (exact) mass is 221 g/mol. The van der Waals surface area contributed by atoms with Gasteiger partial charge in [0.15, 0.2) is 5.51 Å². The SMILES string of the molecule is NC(Cc1ccc(F)cc1)c1cs[c]n1. The van der Waals surface area contributed by atoms with Crippen molar-refractivity contribution in [2.75, 3.05) is 0 Å². The summed E-state index contributed by atoms with van der Waals surface area (Å²) in [7, 11) is 0. The number of hydrogen-bond acceptors (Lipinski definition) is 3. The third kappa shape index (κ3) is 2.61. The fourth-order valence-electron chi connectivity index (χ4n) is 1.34. The van der Waals surface area contributed by atoms with Crippen LogP contribution in [-0.4, -0.2) is 4.98 Å². The molecule has 0 saturated carbocycles. The highest BCUT2D eigenvalue weighted by atomic mass is 32.1. The van der Waals surface area contributed by atoms with Crippen LogP contribution < -0.4 is 5.73 Å². The average molecular weight is 221 g/mol. The molecule has 1 unspecified atom stereocenters. The highest BCUT2D eigenvalue weighted by molar-refractivity contribution is 7.07. The maximum absolute atomic E-state index is 12.7. The molecular weight excluding hydrogens is 211 g/mol. The minimum absolute atomic E-state index is 0.141. The zero-order valence-electron chi connectivity index (χ0n) is 7.98. The zero-order valence-corrected chi connectivity index (χ0v) is 8.80. The van der Waals surface area contributed by atoms with E-state index in [1.165, 1.54) is 23.5 Å². The highest BCUT2D eigenvalue weighted by Crippen LogP contribution is 2.15. The smallest absolute Gasteiger partial charge is 0.152 e. The summed E-state index contributed by atoms with van der Waals surface area (Å²) in [6.45, 7) is 0. The van der Waals surface area contributed by atoms with Gasteiger partial charge in [0.05, 0.1) is 11.7 Å². The van der Waals surface area contributed by atoms with Crippen molar-refractivity contribution in [3.63, 3.8) is 0 Å². The molecule has 1 radical (unpaired) electrons. The van der Waals surface area contributed by atoms with E-state index in [0.29, 0.717) is 6.42 Å². The van der Waals surface area contributed by atoms with Crippen molar-refractivity contribution in [2.45, 2.75) is 12.5 Å². The minimum Gasteiger partial charge on any atom is -0.322 e. The molecule has 15 heavy (non-hydrogen) atoms. The van der Waals surface area contributed by atoms with Crippen molar-refractivity contribution in [1.29, 1.82) is 0 Å². The molecule has 1 aromatic heterocycles. The van der Waals surface area contributed by atoms with Gasteiger partial charge in [0.25, 0.3) is 0 Å². The van der Waals surface area contributed by atoms with Gasteiger partial charge in [0, 0.05) is 5.38 Å². The Morgan fingerprint density at radius 2 is 2.13 bits per heavy atom. The lowest BCUT2D eigenvalue weighted by Gasteiger charge is -2.08. The molecule has 2 rings (SSSR count). The van der Waals surface area contributed by atoms with Gasteiger partial charge in [0.2, 0.25) is 0 Å². The van der Waals surface area contributed by atoms with E-state index in [4.69, 9.17) is 5.73 Å². The summed E-state index contributed by atoms with van der Waals surface area (Å²) in [6.07, 6.45) is 0.665. The van der Waals surface area contributed by atoms with Gasteiger partial charge in [0.1, 0.15) is 5.82 Å². The Hall–Kier alpha value is -1.26. The van der Waals surface area contributed by atoms with Crippen LogP contribution in [0.2, 0.25) is 0 Å². The molecule has 4 heteroatoms. The number of thiazole rings is 1. The van der Waals surface area contributed by atoms with Gasteiger partial charge in [-0.05, 0) is 24.1 Å². The summed E-state index contributed by atoms with van der Waals surface area (Å²) in [5.74, 6) is -0.227. The van der Waals surface area contributed by atoms with Gasteiger partial charge in [-0.2, -0.15) is 0 Å². The molecule has 1 atom stereocenters. The second-order valence-electron chi connectivity index (χ2n) is 3.30. The summed E-state index contributed by atoms with van der Waals surface area (Å²) in [5.41, 5.74) is 10.5. The molecule has 1 heterocycles. The predicted octanol–water partition coefficient (Wildman–Crippen LogP) is 2.32. The first-order chi connectivity index (χ1) is 7.25. The summed E-state index contributed by atoms with van der Waals surface area (Å²) in [4.78, 5) is 4.02. The molecule has 77 valence electrons. The first kappa shape index (κ1) is 10.3. The summed E-state index contributed by atoms with van der Waals surface area (Å²) in [5, 5.41) is 1.88. The molecular formula is C11H10FN2S. The lowest BCUT2D eigenvalue weighted by molar-refractivity contribution is 0.625. The number of aromatic nitrogens is 1. The summed E-state index contributed by atoms with van der Waals surface area (Å²) in [6, 6.07) is 6.22. The Balaban J connectivity index is 2.06. The zero-order chi connectivity index (χ0) is 10.7. The second kappa shape index (κ2) is 4.51. The minimum atomic E-state index is -0.227. The van der Waals surface area contributed by atoms with Crippen LogP contribution >= 0.6 is 11.3 Å². The number of nitrogens with zero attached hydrogens (tertiary/aromatic N) is 1. The van der Waals surface area contributed by atoms with Crippen LogP contribution in [0.15, 0.2) is 29.6 Å². The first-order valence-corrected chi connectivity index (χ1v) is 5.45. The number of hydrogen-bond donors (Lipinski definition) is 1. The lowest BCUT2D eigenvalue weighted by Crippen LogP contribution is -2.13. The number of nitrogens with two attached hydrogens (primary N) is 1. The molecule has 2 aromatic rings. The molecule has 0 aliphatic heterocycles. The molecule has 0 aliphatic rings. The van der Waals surface area contributed by atoms with E-state index >= 15 is 0 Å². The van der Waals surface area contributed by atoms with Gasteiger partial charge in [-0.3, -0.25) is 0 Å². The quantitative estimate of drug-likeness (QED) is 0.864. The standard InChI is InChI=1S/C11H10FN2S/c12-9-3-1-8(2-4-9)5-10(13)11-6-15-7-14-11/h1-4,6,10H,5,13H2. The van der Waals surface area contributed by atoms with E-state index in [9.17, 15) is 4.39 Å². The highest BCUT2D eigenvalue weighted by Gasteiger charge is 2.08. The second-order valence-corrected chi connectivity index (χ2v) is 3.95. The molecule has 0 saturated heterocycles. The third-order valence-electron chi connectivity index (χ3n) is 2.16. The van der Waals surface area contributed by atoms with Crippen molar-refractivity contribution in [1.82, 2.24) is 4.98 Å². The van der Waals surface area contributed by atoms with Gasteiger partial charge >= 0.3 is 0 Å². The number of rotatable bonds is 3. The van der Waals surface area contributed by atoms with Crippen molar-refractivity contribution < 1.29 is 4.39 Å². The van der Waals surface area contributed by atoms with Crippen molar-refractivity contribution in [3.8, 4) is 0 Å². The Morgan fingerprint density at radius 3 is 2.73 bits per heavy atom. The van der Waals surface area contributed by atoms with Crippen LogP contribution in [0.25, 0.3) is 0 Å². The fraction of sp³-hybridized carbons (Fsp3) is 0.182. The van der Waals surface area contributed by atoms with Crippen molar-refractivity contribution in [3.05, 3.63) is 52.2 Å². The first-order valence-electron chi connectivity index (χ1n) is 4.57. The number of halogens is 1. The molecule has 0 aliphatic carbocycles. The van der Waals surface area contributed by atoms with Crippen molar-refractivity contribution in [2.24, 2.45) is 5.73 Å². The van der Waals surface area contributed by atoms with Crippen LogP contribution in [0.5, 0.6) is 0 Å². The van der Waals surface area contributed by atoms with E-state index in [1.54, 1.807) is 12.1 Å². The van der Waals surface area contributed by atoms with Crippen LogP contribution in [0.4, 0.5) is 4.39 Å². The summed E-state index contributed by atoms with van der Waals surface area (Å²) >= 11 is 1.40. The average Bonchev–Trinajstić information content (AvgIpc) is 2.74. The van der Waals surface area contributed by atoms with E-state index in [0.717, 1.165) is 11.3 Å². The molecule has 2 nitrogen and oxygen atoms in total. The van der Waals surface area contributed by atoms with E-state index in [-0.39, 0.29) is 11.9 Å². The maximum Gasteiger partial charge on any atom is 0.152 e. The Labute approximate surface area is 91.6 Å². The van der Waals surface area contributed by atoms with E-state index < -0.39 is 0 Å². The Kier molecular flexibility index (Phi) is 3.08. The molecule has 0 spiro atoms. The maximum atomic E-state index is 12.7. The normalized spacial score (nSPS) is 12.7. The number of benzene rings is 1. The van der Waals surface area contributed by atoms with Crippen LogP contribution in [0.1, 0.15) is 17.3 Å². The van der Waals surface area contributed by atoms with E-state index in [1.807, 2.05) is 5.38 Å². The van der Waals surface area contributed by atoms with Crippen molar-refractivity contribution >= 4 is 11.3 Å². The topological polar surface area (TPSA) is 38.9 Å². The predicted molar refractivity (Wildman–Crippen MR) is 58.0 cm³/mol. The van der Waals surface area contributed by atoms with Crippen LogP contribution in [0, 0.1) is 11.3 Å². The lowest BCUT2D eigenvalue weighted by atomic mass is 10.1. The molecule has 2 N–H and O–H groups in total. The molecule has 0 amide bonds. The largest absolute Gasteiger partial charge is 0.322 e. The van der Waals surface area contributed by atoms with Crippen LogP contribution in [-0.2, 0) is 6.42 Å². The third-order valence-corrected chi connectivity index (χ3v) is 2.71. The Bertz CT molecular complexity index is 411. The molecule has 0 bridgehead atoms. The summed E-state index contributed by atoms with van der Waals surface area (Å²) < 4.78 is 12.7. The molecule has 1 aromatic carbocycles. The van der Waals surface area contributed by atoms with Gasteiger partial charge in [-0.1, -0.05) is 12.1 Å². The van der Waals surface area contributed by atoms with Gasteiger partial charge in [-0.15, -0.1) is 11.3 Å². The van der Waals surface area contributed by atoms with Crippen LogP contribution in [0.3, 0.4) is 0 Å². The molecule has 0 fully saturated rings.